The Bertz CT molecular complexity index is 496. The molecule has 2 nitrogen and oxygen atoms in total. The van der Waals surface area contributed by atoms with Crippen molar-refractivity contribution in [2.45, 2.75) is 6.92 Å². The van der Waals surface area contributed by atoms with E-state index < -0.39 is 0 Å². The van der Waals surface area contributed by atoms with Crippen LogP contribution in [0.1, 0.15) is 5.56 Å². The van der Waals surface area contributed by atoms with Crippen molar-refractivity contribution >= 4 is 5.69 Å². The molecule has 0 aromatic heterocycles. The highest BCUT2D eigenvalue weighted by Crippen LogP contribution is 2.13. The molecule has 0 saturated heterocycles. The summed E-state index contributed by atoms with van der Waals surface area (Å²) >= 11 is 0. The molecule has 3 heteroatoms. The summed E-state index contributed by atoms with van der Waals surface area (Å²) < 4.78 is 18.2. The van der Waals surface area contributed by atoms with Crippen LogP contribution in [0.15, 0.2) is 48.5 Å². The van der Waals surface area contributed by atoms with E-state index in [0.717, 1.165) is 5.69 Å². The van der Waals surface area contributed by atoms with Crippen molar-refractivity contribution in [2.75, 3.05) is 18.5 Å². The van der Waals surface area contributed by atoms with Gasteiger partial charge in [0.15, 0.2) is 0 Å². The lowest BCUT2D eigenvalue weighted by Crippen LogP contribution is -2.12. The van der Waals surface area contributed by atoms with Gasteiger partial charge in [-0.15, -0.1) is 0 Å². The van der Waals surface area contributed by atoms with Crippen LogP contribution >= 0.6 is 0 Å². The zero-order chi connectivity index (χ0) is 12.8. The van der Waals surface area contributed by atoms with Gasteiger partial charge in [0.1, 0.15) is 18.2 Å². The Morgan fingerprint density at radius 3 is 2.50 bits per heavy atom. The third-order valence-electron chi connectivity index (χ3n) is 2.64. The van der Waals surface area contributed by atoms with E-state index in [1.54, 1.807) is 12.1 Å². The Kier molecular flexibility index (Phi) is 4.18. The molecule has 0 unspecified atom stereocenters. The summed E-state index contributed by atoms with van der Waals surface area (Å²) in [7, 11) is 0. The summed E-state index contributed by atoms with van der Waals surface area (Å²) in [5.41, 5.74) is 2.32. The van der Waals surface area contributed by atoms with Crippen LogP contribution in [0.5, 0.6) is 5.75 Å². The number of ether oxygens (including phenoxy) is 1. The van der Waals surface area contributed by atoms with Crippen molar-refractivity contribution in [2.24, 2.45) is 0 Å². The predicted octanol–water partition coefficient (Wildman–Crippen LogP) is 3.63. The summed E-state index contributed by atoms with van der Waals surface area (Å²) in [6, 6.07) is 14.1. The Balaban J connectivity index is 1.76. The van der Waals surface area contributed by atoms with Crippen molar-refractivity contribution in [1.82, 2.24) is 0 Å². The van der Waals surface area contributed by atoms with E-state index in [2.05, 4.69) is 18.3 Å². The summed E-state index contributed by atoms with van der Waals surface area (Å²) in [6.07, 6.45) is 0. The second-order valence-electron chi connectivity index (χ2n) is 4.04. The SMILES string of the molecule is Cc1ccccc1NCCOc1ccc(F)cc1. The van der Waals surface area contributed by atoms with Gasteiger partial charge in [0.25, 0.3) is 0 Å². The van der Waals surface area contributed by atoms with E-state index in [4.69, 9.17) is 4.74 Å². The van der Waals surface area contributed by atoms with Gasteiger partial charge in [-0.25, -0.2) is 4.39 Å². The molecule has 1 N–H and O–H groups in total. The number of hydrogen-bond donors (Lipinski definition) is 1. The molecule has 2 aromatic rings. The maximum absolute atomic E-state index is 12.7. The normalized spacial score (nSPS) is 10.1. The minimum Gasteiger partial charge on any atom is -0.492 e. The van der Waals surface area contributed by atoms with Crippen LogP contribution in [0.4, 0.5) is 10.1 Å². The molecule has 0 radical (unpaired) electrons. The van der Waals surface area contributed by atoms with Gasteiger partial charge >= 0.3 is 0 Å². The lowest BCUT2D eigenvalue weighted by molar-refractivity contribution is 0.332. The second-order valence-corrected chi connectivity index (χ2v) is 4.04. The van der Waals surface area contributed by atoms with Crippen molar-refractivity contribution in [3.05, 3.63) is 59.9 Å². The summed E-state index contributed by atoms with van der Waals surface area (Å²) in [5, 5.41) is 3.30. The number of anilines is 1. The van der Waals surface area contributed by atoms with Gasteiger partial charge in [-0.2, -0.15) is 0 Å². The van der Waals surface area contributed by atoms with Gasteiger partial charge in [0, 0.05) is 12.2 Å². The molecule has 0 heterocycles. The third kappa shape index (κ3) is 3.48. The molecule has 2 aromatic carbocycles. The van der Waals surface area contributed by atoms with Crippen LogP contribution in [0, 0.1) is 12.7 Å². The van der Waals surface area contributed by atoms with Crippen LogP contribution in [0.3, 0.4) is 0 Å². The topological polar surface area (TPSA) is 21.3 Å². The minimum atomic E-state index is -0.250. The van der Waals surface area contributed by atoms with E-state index in [0.29, 0.717) is 18.9 Å². The lowest BCUT2D eigenvalue weighted by atomic mass is 10.2. The number of rotatable bonds is 5. The average Bonchev–Trinajstić information content (AvgIpc) is 2.39. The lowest BCUT2D eigenvalue weighted by Gasteiger charge is -2.10. The van der Waals surface area contributed by atoms with Crippen molar-refractivity contribution < 1.29 is 9.13 Å². The molecule has 0 fully saturated rings. The number of nitrogens with one attached hydrogen (secondary N) is 1. The molecule has 0 amide bonds. The highest BCUT2D eigenvalue weighted by atomic mass is 19.1. The van der Waals surface area contributed by atoms with Crippen molar-refractivity contribution in [1.29, 1.82) is 0 Å². The van der Waals surface area contributed by atoms with E-state index in [-0.39, 0.29) is 5.82 Å². The number of aryl methyl sites for hydroxylation is 1. The Morgan fingerprint density at radius 1 is 1.06 bits per heavy atom. The van der Waals surface area contributed by atoms with Gasteiger partial charge in [0.2, 0.25) is 0 Å². The zero-order valence-electron chi connectivity index (χ0n) is 10.3. The first kappa shape index (κ1) is 12.4. The van der Waals surface area contributed by atoms with Crippen LogP contribution in [-0.2, 0) is 0 Å². The van der Waals surface area contributed by atoms with E-state index >= 15 is 0 Å². The van der Waals surface area contributed by atoms with E-state index in [1.165, 1.54) is 17.7 Å². The number of hydrogen-bond acceptors (Lipinski definition) is 2. The van der Waals surface area contributed by atoms with Gasteiger partial charge in [-0.05, 0) is 42.8 Å². The summed E-state index contributed by atoms with van der Waals surface area (Å²) in [4.78, 5) is 0. The smallest absolute Gasteiger partial charge is 0.123 e. The van der Waals surface area contributed by atoms with Gasteiger partial charge in [-0.3, -0.25) is 0 Å². The van der Waals surface area contributed by atoms with Crippen LogP contribution < -0.4 is 10.1 Å². The Morgan fingerprint density at radius 2 is 1.78 bits per heavy atom. The van der Waals surface area contributed by atoms with Crippen LogP contribution in [0.2, 0.25) is 0 Å². The first-order valence-corrected chi connectivity index (χ1v) is 5.93. The van der Waals surface area contributed by atoms with Crippen molar-refractivity contribution in [3.63, 3.8) is 0 Å². The molecule has 0 spiro atoms. The first-order chi connectivity index (χ1) is 8.75. The quantitative estimate of drug-likeness (QED) is 0.812. The molecular weight excluding hydrogens is 229 g/mol. The number of halogens is 1. The zero-order valence-corrected chi connectivity index (χ0v) is 10.3. The summed E-state index contributed by atoms with van der Waals surface area (Å²) in [6.45, 7) is 3.31. The molecule has 0 aliphatic heterocycles. The molecule has 0 atom stereocenters. The highest BCUT2D eigenvalue weighted by Gasteiger charge is 1.97. The molecular formula is C15H16FNO. The first-order valence-electron chi connectivity index (χ1n) is 5.93. The molecule has 18 heavy (non-hydrogen) atoms. The van der Waals surface area contributed by atoms with Crippen LogP contribution in [0.25, 0.3) is 0 Å². The highest BCUT2D eigenvalue weighted by molar-refractivity contribution is 5.50. The monoisotopic (exact) mass is 245 g/mol. The fraction of sp³-hybridized carbons (Fsp3) is 0.200. The van der Waals surface area contributed by atoms with Gasteiger partial charge < -0.3 is 10.1 Å². The number of benzene rings is 2. The standard InChI is InChI=1S/C15H16FNO/c1-12-4-2-3-5-15(12)17-10-11-18-14-8-6-13(16)7-9-14/h2-9,17H,10-11H2,1H3. The number of para-hydroxylation sites is 1. The van der Waals surface area contributed by atoms with Gasteiger partial charge in [0.05, 0.1) is 0 Å². The fourth-order valence-corrected chi connectivity index (χ4v) is 1.66. The molecule has 2 rings (SSSR count). The fourth-order valence-electron chi connectivity index (χ4n) is 1.66. The maximum Gasteiger partial charge on any atom is 0.123 e. The van der Waals surface area contributed by atoms with Crippen LogP contribution in [-0.4, -0.2) is 13.2 Å². The van der Waals surface area contributed by atoms with Crippen molar-refractivity contribution in [3.8, 4) is 5.75 Å². The maximum atomic E-state index is 12.7. The van der Waals surface area contributed by atoms with E-state index in [1.807, 2.05) is 18.2 Å². The average molecular weight is 245 g/mol. The molecule has 0 bridgehead atoms. The largest absolute Gasteiger partial charge is 0.492 e. The molecule has 0 saturated carbocycles. The minimum absolute atomic E-state index is 0.250. The van der Waals surface area contributed by atoms with E-state index in [9.17, 15) is 4.39 Å². The Hall–Kier alpha value is -2.03. The third-order valence-corrected chi connectivity index (χ3v) is 2.64. The predicted molar refractivity (Wildman–Crippen MR) is 71.6 cm³/mol. The summed E-state index contributed by atoms with van der Waals surface area (Å²) in [5.74, 6) is 0.434. The molecule has 0 aliphatic rings. The Labute approximate surface area is 106 Å². The molecule has 94 valence electrons. The second kappa shape index (κ2) is 6.05. The van der Waals surface area contributed by atoms with Gasteiger partial charge in [-0.1, -0.05) is 18.2 Å². The molecule has 0 aliphatic carbocycles.